The number of hydrogen-bond acceptors (Lipinski definition) is 4. The lowest BCUT2D eigenvalue weighted by Crippen LogP contribution is -2.35. The molecule has 138 valence electrons. The number of nitrogens with zero attached hydrogens (tertiary/aromatic N) is 1. The van der Waals surface area contributed by atoms with Crippen LogP contribution in [0, 0.1) is 0 Å². The van der Waals surface area contributed by atoms with Gasteiger partial charge < -0.3 is 20.7 Å². The maximum Gasteiger partial charge on any atom is 0.249 e. The van der Waals surface area contributed by atoms with Gasteiger partial charge in [0.15, 0.2) is 0 Å². The zero-order chi connectivity index (χ0) is 16.9. The Morgan fingerprint density at radius 1 is 1.32 bits per heavy atom. The van der Waals surface area contributed by atoms with Crippen molar-refractivity contribution in [2.45, 2.75) is 51.0 Å². The number of carbonyl (C=O) groups is 2. The van der Waals surface area contributed by atoms with Gasteiger partial charge in [-0.05, 0) is 30.4 Å². The summed E-state index contributed by atoms with van der Waals surface area (Å²) >= 11 is 0. The molecule has 7 heteroatoms. The molecule has 1 aromatic rings. The van der Waals surface area contributed by atoms with E-state index in [1.165, 1.54) is 0 Å². The SMILES string of the molecule is Cl.NC[C@H]1CC[C@@H](C(=O)NCc2cccc(CN3CCCC3=O)c2)O1. The number of nitrogens with two attached hydrogens (primary N) is 1. The first-order valence-electron chi connectivity index (χ1n) is 8.64. The van der Waals surface area contributed by atoms with E-state index in [-0.39, 0.29) is 36.4 Å². The first kappa shape index (κ1) is 19.7. The predicted molar refractivity (Wildman–Crippen MR) is 97.1 cm³/mol. The van der Waals surface area contributed by atoms with Gasteiger partial charge in [0, 0.05) is 32.6 Å². The van der Waals surface area contributed by atoms with Gasteiger partial charge in [-0.1, -0.05) is 24.3 Å². The van der Waals surface area contributed by atoms with Crippen LogP contribution in [0.5, 0.6) is 0 Å². The lowest BCUT2D eigenvalue weighted by atomic mass is 10.1. The van der Waals surface area contributed by atoms with Gasteiger partial charge in [-0.25, -0.2) is 0 Å². The molecule has 0 aliphatic carbocycles. The molecule has 2 fully saturated rings. The molecule has 2 saturated heterocycles. The monoisotopic (exact) mass is 367 g/mol. The van der Waals surface area contributed by atoms with Gasteiger partial charge in [0.05, 0.1) is 6.10 Å². The number of likely N-dealkylation sites (tertiary alicyclic amines) is 1. The third-order valence-corrected chi connectivity index (χ3v) is 4.67. The fourth-order valence-electron chi connectivity index (χ4n) is 3.30. The highest BCUT2D eigenvalue weighted by molar-refractivity contribution is 5.85. The van der Waals surface area contributed by atoms with Crippen LogP contribution in [0.4, 0.5) is 0 Å². The Bertz CT molecular complexity index is 611. The van der Waals surface area contributed by atoms with Crippen molar-refractivity contribution in [3.8, 4) is 0 Å². The summed E-state index contributed by atoms with van der Waals surface area (Å²) < 4.78 is 5.60. The van der Waals surface area contributed by atoms with E-state index in [4.69, 9.17) is 10.5 Å². The number of rotatable bonds is 6. The van der Waals surface area contributed by atoms with Crippen molar-refractivity contribution in [3.05, 3.63) is 35.4 Å². The zero-order valence-electron chi connectivity index (χ0n) is 14.3. The third-order valence-electron chi connectivity index (χ3n) is 4.67. The summed E-state index contributed by atoms with van der Waals surface area (Å²) in [6.07, 6.45) is 2.78. The molecule has 2 aliphatic heterocycles. The fraction of sp³-hybridized carbons (Fsp3) is 0.556. The van der Waals surface area contributed by atoms with Gasteiger partial charge >= 0.3 is 0 Å². The second-order valence-corrected chi connectivity index (χ2v) is 6.52. The highest BCUT2D eigenvalue weighted by atomic mass is 35.5. The molecule has 0 aromatic heterocycles. The average molecular weight is 368 g/mol. The van der Waals surface area contributed by atoms with Crippen LogP contribution < -0.4 is 11.1 Å². The Morgan fingerprint density at radius 3 is 2.80 bits per heavy atom. The summed E-state index contributed by atoms with van der Waals surface area (Å²) in [7, 11) is 0. The molecule has 0 bridgehead atoms. The number of ether oxygens (including phenoxy) is 1. The van der Waals surface area contributed by atoms with E-state index < -0.39 is 0 Å². The lowest BCUT2D eigenvalue weighted by Gasteiger charge is -2.16. The molecule has 3 rings (SSSR count). The highest BCUT2D eigenvalue weighted by Crippen LogP contribution is 2.19. The Kier molecular flexibility index (Phi) is 7.23. The average Bonchev–Trinajstić information content (AvgIpc) is 3.23. The molecule has 0 radical (unpaired) electrons. The van der Waals surface area contributed by atoms with E-state index in [2.05, 4.69) is 5.32 Å². The molecule has 0 saturated carbocycles. The van der Waals surface area contributed by atoms with Crippen molar-refractivity contribution in [2.75, 3.05) is 13.1 Å². The number of amides is 2. The molecule has 1 aromatic carbocycles. The van der Waals surface area contributed by atoms with Crippen LogP contribution in [-0.4, -0.2) is 42.0 Å². The van der Waals surface area contributed by atoms with Gasteiger partial charge in [0.2, 0.25) is 11.8 Å². The largest absolute Gasteiger partial charge is 0.364 e. The van der Waals surface area contributed by atoms with E-state index in [1.54, 1.807) is 0 Å². The summed E-state index contributed by atoms with van der Waals surface area (Å²) in [5.74, 6) is 0.146. The normalized spacial score (nSPS) is 22.8. The molecule has 0 unspecified atom stereocenters. The zero-order valence-corrected chi connectivity index (χ0v) is 15.1. The van der Waals surface area contributed by atoms with Crippen molar-refractivity contribution in [2.24, 2.45) is 5.73 Å². The van der Waals surface area contributed by atoms with Crippen molar-refractivity contribution < 1.29 is 14.3 Å². The van der Waals surface area contributed by atoms with Gasteiger partial charge in [-0.15, -0.1) is 12.4 Å². The van der Waals surface area contributed by atoms with Crippen molar-refractivity contribution in [3.63, 3.8) is 0 Å². The smallest absolute Gasteiger partial charge is 0.249 e. The standard InChI is InChI=1S/C18H25N3O3.ClH/c19-10-15-6-7-16(24-15)18(23)20-11-13-3-1-4-14(9-13)12-21-8-2-5-17(21)22;/h1,3-4,9,15-16H,2,5-8,10-12,19H2,(H,20,23);1H/t15-,16+;/m1./s1. The first-order valence-corrected chi connectivity index (χ1v) is 8.64. The molecular weight excluding hydrogens is 342 g/mol. The summed E-state index contributed by atoms with van der Waals surface area (Å²) in [6, 6.07) is 8.01. The number of carbonyl (C=O) groups excluding carboxylic acids is 2. The lowest BCUT2D eigenvalue weighted by molar-refractivity contribution is -0.132. The van der Waals surface area contributed by atoms with Crippen LogP contribution >= 0.6 is 12.4 Å². The van der Waals surface area contributed by atoms with Crippen LogP contribution in [0.25, 0.3) is 0 Å². The summed E-state index contributed by atoms with van der Waals surface area (Å²) in [5, 5.41) is 2.93. The minimum absolute atomic E-state index is 0. The Hall–Kier alpha value is -1.63. The molecule has 6 nitrogen and oxygen atoms in total. The van der Waals surface area contributed by atoms with Crippen LogP contribution in [0.1, 0.15) is 36.8 Å². The quantitative estimate of drug-likeness (QED) is 0.795. The summed E-state index contributed by atoms with van der Waals surface area (Å²) in [5.41, 5.74) is 7.69. The molecule has 2 atom stereocenters. The molecule has 2 heterocycles. The first-order chi connectivity index (χ1) is 11.7. The minimum atomic E-state index is -0.385. The third kappa shape index (κ3) is 5.17. The number of halogens is 1. The highest BCUT2D eigenvalue weighted by Gasteiger charge is 2.29. The molecule has 2 amide bonds. The second kappa shape index (κ2) is 9.17. The van der Waals surface area contributed by atoms with Gasteiger partial charge in [-0.2, -0.15) is 0 Å². The molecule has 25 heavy (non-hydrogen) atoms. The van der Waals surface area contributed by atoms with E-state index in [0.717, 1.165) is 36.9 Å². The van der Waals surface area contributed by atoms with Crippen LogP contribution in [0.2, 0.25) is 0 Å². The second-order valence-electron chi connectivity index (χ2n) is 6.52. The van der Waals surface area contributed by atoms with E-state index in [1.807, 2.05) is 29.2 Å². The fourth-order valence-corrected chi connectivity index (χ4v) is 3.30. The topological polar surface area (TPSA) is 84.7 Å². The maximum atomic E-state index is 12.2. The van der Waals surface area contributed by atoms with Crippen molar-refractivity contribution >= 4 is 24.2 Å². The van der Waals surface area contributed by atoms with E-state index >= 15 is 0 Å². The van der Waals surface area contributed by atoms with E-state index in [9.17, 15) is 9.59 Å². The Balaban J connectivity index is 0.00000225. The van der Waals surface area contributed by atoms with E-state index in [0.29, 0.717) is 26.1 Å². The summed E-state index contributed by atoms with van der Waals surface area (Å²) in [6.45, 7) is 2.40. The Morgan fingerprint density at radius 2 is 2.12 bits per heavy atom. The molecule has 3 N–H and O–H groups in total. The Labute approximate surface area is 154 Å². The molecule has 0 spiro atoms. The van der Waals surface area contributed by atoms with Crippen LogP contribution in [0.3, 0.4) is 0 Å². The van der Waals surface area contributed by atoms with Gasteiger partial charge in [-0.3, -0.25) is 9.59 Å². The van der Waals surface area contributed by atoms with Gasteiger partial charge in [0.1, 0.15) is 6.10 Å². The van der Waals surface area contributed by atoms with Gasteiger partial charge in [0.25, 0.3) is 0 Å². The molecular formula is C18H26ClN3O3. The predicted octanol–water partition coefficient (Wildman–Crippen LogP) is 1.35. The van der Waals surface area contributed by atoms with Crippen molar-refractivity contribution in [1.29, 1.82) is 0 Å². The number of nitrogens with one attached hydrogen (secondary N) is 1. The van der Waals surface area contributed by atoms with Crippen LogP contribution in [-0.2, 0) is 27.4 Å². The molecule has 2 aliphatic rings. The van der Waals surface area contributed by atoms with Crippen molar-refractivity contribution in [1.82, 2.24) is 10.2 Å². The summed E-state index contributed by atoms with van der Waals surface area (Å²) in [4.78, 5) is 25.8. The number of benzene rings is 1. The van der Waals surface area contributed by atoms with Crippen LogP contribution in [0.15, 0.2) is 24.3 Å². The minimum Gasteiger partial charge on any atom is -0.364 e. The maximum absolute atomic E-state index is 12.2. The number of hydrogen-bond donors (Lipinski definition) is 2.